The number of hydrogen-bond donors (Lipinski definition) is 2. The van der Waals surface area contributed by atoms with Gasteiger partial charge in [0.15, 0.2) is 5.54 Å². The summed E-state index contributed by atoms with van der Waals surface area (Å²) in [6.07, 6.45) is 0. The maximum Gasteiger partial charge on any atom is 0.327 e. The second kappa shape index (κ2) is 3.02. The van der Waals surface area contributed by atoms with Crippen molar-refractivity contribution in [2.24, 2.45) is 22.0 Å². The van der Waals surface area contributed by atoms with E-state index in [1.807, 2.05) is 13.8 Å². The number of halogens is 1. The lowest BCUT2D eigenvalue weighted by molar-refractivity contribution is -0.155. The molecule has 0 amide bonds. The number of carbonyl (C=O) groups is 1. The SMILES string of the molecule is CC1(C)C(C)(C)[C@](C)([18F])[C@@](N)(C(=O)O)C1(C)C. The predicted octanol–water partition coefficient (Wildman–Crippen LogP) is 2.59. The molecule has 0 heterocycles. The Labute approximate surface area is 103 Å². The molecular formula is C13H24FNO2. The molecule has 1 fully saturated rings. The molecule has 0 radical (unpaired) electrons. The van der Waals surface area contributed by atoms with Crippen LogP contribution >= 0.6 is 0 Å². The van der Waals surface area contributed by atoms with E-state index >= 15 is 4.39 Å². The zero-order chi connectivity index (χ0) is 14.1. The highest BCUT2D eigenvalue weighted by molar-refractivity contribution is 5.83. The van der Waals surface area contributed by atoms with Crippen molar-refractivity contribution in [1.29, 1.82) is 0 Å². The molecule has 3 nitrogen and oxygen atoms in total. The molecule has 0 bridgehead atoms. The molecule has 0 aromatic heterocycles. The van der Waals surface area contributed by atoms with Crippen molar-refractivity contribution < 1.29 is 14.3 Å². The number of alkyl halides is 1. The third kappa shape index (κ3) is 1.08. The van der Waals surface area contributed by atoms with Gasteiger partial charge in [-0.05, 0) is 12.3 Å². The van der Waals surface area contributed by atoms with Crippen molar-refractivity contribution in [1.82, 2.24) is 0 Å². The van der Waals surface area contributed by atoms with Gasteiger partial charge in [-0.25, -0.2) is 4.39 Å². The van der Waals surface area contributed by atoms with Crippen LogP contribution in [-0.2, 0) is 4.79 Å². The lowest BCUT2D eigenvalue weighted by atomic mass is 9.58. The highest BCUT2D eigenvalue weighted by Crippen LogP contribution is 2.71. The zero-order valence-corrected chi connectivity index (χ0v) is 11.8. The summed E-state index contributed by atoms with van der Waals surface area (Å²) in [5, 5.41) is 9.44. The third-order valence-electron chi connectivity index (χ3n) is 6.36. The second-order valence-electron chi connectivity index (χ2n) is 6.99. The van der Waals surface area contributed by atoms with E-state index in [1.165, 1.54) is 6.92 Å². The topological polar surface area (TPSA) is 63.3 Å². The summed E-state index contributed by atoms with van der Waals surface area (Å²) in [7, 11) is 0. The van der Waals surface area contributed by atoms with Crippen LogP contribution in [0.1, 0.15) is 48.5 Å². The molecule has 4 heteroatoms. The minimum absolute atomic E-state index is 0.545. The molecule has 0 aliphatic heterocycles. The highest BCUT2D eigenvalue weighted by Gasteiger charge is 2.80. The van der Waals surface area contributed by atoms with E-state index in [9.17, 15) is 9.90 Å². The Morgan fingerprint density at radius 2 is 1.29 bits per heavy atom. The summed E-state index contributed by atoms with van der Waals surface area (Å²) < 4.78 is 15.2. The Morgan fingerprint density at radius 1 is 0.941 bits per heavy atom. The van der Waals surface area contributed by atoms with Gasteiger partial charge in [0, 0.05) is 10.8 Å². The smallest absolute Gasteiger partial charge is 0.327 e. The van der Waals surface area contributed by atoms with Crippen LogP contribution in [0, 0.1) is 16.2 Å². The standard InChI is InChI=1S/C13H24FNO2/c1-9(2)10(3,4)12(7,14)13(15,8(16)17)11(9,5)6/h15H2,1-7H3,(H,16,17)/t12-,13+/m0/s1/i14-1. The van der Waals surface area contributed by atoms with Crippen LogP contribution in [0.15, 0.2) is 0 Å². The largest absolute Gasteiger partial charge is 0.480 e. The van der Waals surface area contributed by atoms with Gasteiger partial charge >= 0.3 is 5.97 Å². The van der Waals surface area contributed by atoms with Gasteiger partial charge < -0.3 is 10.8 Å². The minimum Gasteiger partial charge on any atom is -0.480 e. The lowest BCUT2D eigenvalue weighted by Gasteiger charge is -2.45. The highest BCUT2D eigenvalue weighted by atomic mass is 18.2. The lowest BCUT2D eigenvalue weighted by Crippen LogP contribution is -2.67. The van der Waals surface area contributed by atoms with Crippen molar-refractivity contribution in [2.75, 3.05) is 0 Å². The number of aliphatic carboxylic acids is 1. The molecule has 1 rings (SSSR count). The van der Waals surface area contributed by atoms with E-state index in [1.54, 1.807) is 27.7 Å². The van der Waals surface area contributed by atoms with E-state index in [0.29, 0.717) is 0 Å². The molecule has 1 aliphatic carbocycles. The van der Waals surface area contributed by atoms with E-state index in [2.05, 4.69) is 0 Å². The average Bonchev–Trinajstić information content (AvgIpc) is 2.17. The fraction of sp³-hybridized carbons (Fsp3) is 0.923. The first-order valence-corrected chi connectivity index (χ1v) is 5.91. The van der Waals surface area contributed by atoms with Gasteiger partial charge in [0.05, 0.1) is 0 Å². The van der Waals surface area contributed by atoms with Gasteiger partial charge in [-0.1, -0.05) is 41.5 Å². The first-order valence-electron chi connectivity index (χ1n) is 5.91. The van der Waals surface area contributed by atoms with Gasteiger partial charge in [0.25, 0.3) is 0 Å². The van der Waals surface area contributed by atoms with Crippen LogP contribution < -0.4 is 5.73 Å². The predicted molar refractivity (Wildman–Crippen MR) is 65.4 cm³/mol. The van der Waals surface area contributed by atoms with E-state index in [-0.39, 0.29) is 0 Å². The van der Waals surface area contributed by atoms with Crippen molar-refractivity contribution in [3.8, 4) is 0 Å². The maximum absolute atomic E-state index is 15.2. The molecule has 1 saturated carbocycles. The van der Waals surface area contributed by atoms with Crippen molar-refractivity contribution in [3.05, 3.63) is 0 Å². The number of rotatable bonds is 1. The Bertz CT molecular complexity index is 344. The number of hydrogen-bond acceptors (Lipinski definition) is 2. The van der Waals surface area contributed by atoms with Gasteiger partial charge in [-0.2, -0.15) is 0 Å². The number of carboxylic acids is 1. The minimum atomic E-state index is -1.99. The normalized spacial score (nSPS) is 42.4. The van der Waals surface area contributed by atoms with E-state index < -0.39 is 33.4 Å². The molecule has 100 valence electrons. The fourth-order valence-corrected chi connectivity index (χ4v) is 3.41. The summed E-state index contributed by atoms with van der Waals surface area (Å²) in [6.45, 7) is 12.1. The zero-order valence-electron chi connectivity index (χ0n) is 11.8. The average molecular weight is 244 g/mol. The Balaban J connectivity index is 3.71. The van der Waals surface area contributed by atoms with Gasteiger partial charge in [-0.15, -0.1) is 0 Å². The summed E-state index contributed by atoms with van der Waals surface area (Å²) in [5.74, 6) is -1.27. The Kier molecular flexibility index (Phi) is 2.57. The molecular weight excluding hydrogens is 220 g/mol. The Hall–Kier alpha value is -0.640. The van der Waals surface area contributed by atoms with E-state index in [0.717, 1.165) is 0 Å². The fourth-order valence-electron chi connectivity index (χ4n) is 3.41. The van der Waals surface area contributed by atoms with Crippen molar-refractivity contribution >= 4 is 5.97 Å². The van der Waals surface area contributed by atoms with Gasteiger partial charge in [0.1, 0.15) is 5.67 Å². The third-order valence-corrected chi connectivity index (χ3v) is 6.36. The second-order valence-corrected chi connectivity index (χ2v) is 6.99. The molecule has 0 unspecified atom stereocenters. The summed E-state index contributed by atoms with van der Waals surface area (Å²) >= 11 is 0. The van der Waals surface area contributed by atoms with Crippen LogP contribution in [0.5, 0.6) is 0 Å². The van der Waals surface area contributed by atoms with Crippen LogP contribution in [-0.4, -0.2) is 22.3 Å². The monoisotopic (exact) mass is 244 g/mol. The van der Waals surface area contributed by atoms with Crippen LogP contribution in [0.2, 0.25) is 0 Å². The van der Waals surface area contributed by atoms with Crippen molar-refractivity contribution in [2.45, 2.75) is 59.7 Å². The maximum atomic E-state index is 15.2. The first-order chi connectivity index (χ1) is 7.19. The molecule has 1 aliphatic rings. The summed E-state index contributed by atoms with van der Waals surface area (Å²) in [5.41, 5.74) is -0.0929. The van der Waals surface area contributed by atoms with Gasteiger partial charge in [0.2, 0.25) is 0 Å². The molecule has 0 aromatic rings. The summed E-state index contributed by atoms with van der Waals surface area (Å²) in [4.78, 5) is 11.6. The number of carboxylic acid groups (broad SMARTS) is 1. The molecule has 0 saturated heterocycles. The van der Waals surface area contributed by atoms with Crippen LogP contribution in [0.3, 0.4) is 0 Å². The Morgan fingerprint density at radius 3 is 1.41 bits per heavy atom. The molecule has 0 spiro atoms. The first kappa shape index (κ1) is 14.4. The molecule has 2 atom stereocenters. The number of nitrogens with two attached hydrogens (primary N) is 1. The van der Waals surface area contributed by atoms with Crippen LogP contribution in [0.25, 0.3) is 0 Å². The quantitative estimate of drug-likeness (QED) is 0.745. The molecule has 0 aromatic carbocycles. The molecule has 3 N–H and O–H groups in total. The van der Waals surface area contributed by atoms with Gasteiger partial charge in [-0.3, -0.25) is 4.79 Å². The van der Waals surface area contributed by atoms with Crippen molar-refractivity contribution in [3.63, 3.8) is 0 Å². The summed E-state index contributed by atoms with van der Waals surface area (Å²) in [6, 6.07) is 0. The molecule has 17 heavy (non-hydrogen) atoms. The van der Waals surface area contributed by atoms with Crippen LogP contribution in [0.4, 0.5) is 4.39 Å². The van der Waals surface area contributed by atoms with E-state index in [4.69, 9.17) is 5.73 Å².